The molecule has 0 heterocycles. The van der Waals surface area contributed by atoms with E-state index in [-0.39, 0.29) is 24.6 Å². The Labute approximate surface area is 198 Å². The van der Waals surface area contributed by atoms with Crippen molar-refractivity contribution in [1.82, 2.24) is 5.32 Å². The van der Waals surface area contributed by atoms with E-state index in [1.165, 1.54) is 20.1 Å². The van der Waals surface area contributed by atoms with Crippen LogP contribution in [0, 0.1) is 17.0 Å². The van der Waals surface area contributed by atoms with E-state index in [2.05, 4.69) is 10.1 Å². The average Bonchev–Trinajstić information content (AvgIpc) is 2.84. The minimum Gasteiger partial charge on any atom is -0.482 e. The third-order valence-electron chi connectivity index (χ3n) is 5.60. The smallest absolute Gasteiger partial charge is 0.325 e. The van der Waals surface area contributed by atoms with Gasteiger partial charge in [0, 0.05) is 12.6 Å². The molecule has 0 amide bonds. The summed E-state index contributed by atoms with van der Waals surface area (Å²) in [5.41, 5.74) is 4.53. The number of rotatable bonds is 10. The van der Waals surface area contributed by atoms with Gasteiger partial charge in [0.25, 0.3) is 0 Å². The summed E-state index contributed by atoms with van der Waals surface area (Å²) < 4.78 is 10.5. The number of hydrogen-bond donors (Lipinski definition) is 2. The average molecular weight is 465 g/mol. The number of esters is 1. The number of aliphatic hydroxyl groups excluding tert-OH is 1. The molecule has 0 unspecified atom stereocenters. The van der Waals surface area contributed by atoms with Gasteiger partial charge in [-0.3, -0.25) is 20.2 Å². The zero-order chi connectivity index (χ0) is 24.7. The van der Waals surface area contributed by atoms with Crippen molar-refractivity contribution >= 4 is 11.7 Å². The van der Waals surface area contributed by atoms with E-state index in [1.54, 1.807) is 12.1 Å². The number of benzene rings is 3. The molecule has 3 aromatic rings. The largest absolute Gasteiger partial charge is 0.482 e. The summed E-state index contributed by atoms with van der Waals surface area (Å²) in [5.74, 6) is -0.462. The number of aliphatic hydroxyl groups is 1. The van der Waals surface area contributed by atoms with Gasteiger partial charge in [0.2, 0.25) is 0 Å². The zero-order valence-electron chi connectivity index (χ0n) is 19.4. The third-order valence-corrected chi connectivity index (χ3v) is 5.60. The molecule has 0 aliphatic heterocycles. The molecular weight excluding hydrogens is 436 g/mol. The second-order valence-corrected chi connectivity index (χ2v) is 7.93. The predicted octanol–water partition coefficient (Wildman–Crippen LogP) is 4.16. The van der Waals surface area contributed by atoms with Gasteiger partial charge in [-0.25, -0.2) is 0 Å². The van der Waals surface area contributed by atoms with E-state index in [0.29, 0.717) is 5.56 Å². The molecule has 0 aromatic heterocycles. The summed E-state index contributed by atoms with van der Waals surface area (Å²) in [7, 11) is 1.23. The van der Waals surface area contributed by atoms with E-state index in [0.717, 1.165) is 22.3 Å². The Morgan fingerprint density at radius 3 is 2.50 bits per heavy atom. The van der Waals surface area contributed by atoms with Gasteiger partial charge in [0.15, 0.2) is 5.75 Å². The molecule has 0 spiro atoms. The Hall–Kier alpha value is -3.75. The molecule has 8 heteroatoms. The number of carbonyl (C=O) groups is 1. The number of hydrogen-bond acceptors (Lipinski definition) is 7. The molecule has 3 aromatic carbocycles. The van der Waals surface area contributed by atoms with E-state index in [9.17, 15) is 20.0 Å². The minimum atomic E-state index is -0.986. The minimum absolute atomic E-state index is 0.129. The van der Waals surface area contributed by atoms with Gasteiger partial charge in [-0.2, -0.15) is 0 Å². The van der Waals surface area contributed by atoms with Crippen LogP contribution in [0.4, 0.5) is 5.69 Å². The van der Waals surface area contributed by atoms with Gasteiger partial charge in [0.1, 0.15) is 12.6 Å². The standard InChI is InChI=1S/C26H28N2O6/c1-17-21(10-7-11-22(17)20-8-5-4-6-9-20)16-34-24-13-12-19(14-23(24)28(31)32)15-27-25(18(2)29)26(30)33-3/h4-14,18,25,27,29H,15-16H2,1-3H3/t18-,25+/m1/s1. The highest BCUT2D eigenvalue weighted by atomic mass is 16.6. The number of nitro groups is 1. The van der Waals surface area contributed by atoms with Crippen molar-refractivity contribution < 1.29 is 24.3 Å². The maximum absolute atomic E-state index is 11.8. The SMILES string of the molecule is COC(=O)[C@@H](NCc1ccc(OCc2cccc(-c3ccccc3)c2C)c([N+](=O)[O-])c1)[C@@H](C)O. The topological polar surface area (TPSA) is 111 Å². The molecule has 178 valence electrons. The molecule has 0 aliphatic rings. The van der Waals surface area contributed by atoms with Gasteiger partial charge in [0.05, 0.1) is 18.1 Å². The Kier molecular flexibility index (Phi) is 8.34. The zero-order valence-corrected chi connectivity index (χ0v) is 19.4. The Bertz CT molecular complexity index is 1150. The van der Waals surface area contributed by atoms with Crippen LogP contribution in [-0.4, -0.2) is 35.3 Å². The van der Waals surface area contributed by atoms with E-state index >= 15 is 0 Å². The van der Waals surface area contributed by atoms with Crippen molar-refractivity contribution in [2.45, 2.75) is 39.1 Å². The monoisotopic (exact) mass is 464 g/mol. The number of nitrogens with one attached hydrogen (secondary N) is 1. The molecule has 2 N–H and O–H groups in total. The van der Waals surface area contributed by atoms with Crippen LogP contribution in [0.15, 0.2) is 66.7 Å². The van der Waals surface area contributed by atoms with E-state index in [1.807, 2.05) is 55.5 Å². The van der Waals surface area contributed by atoms with Crippen molar-refractivity contribution in [3.63, 3.8) is 0 Å². The summed E-state index contributed by atoms with van der Waals surface area (Å²) in [5, 5.41) is 24.3. The molecule has 2 atom stereocenters. The first-order chi connectivity index (χ1) is 16.3. The Morgan fingerprint density at radius 2 is 1.85 bits per heavy atom. The fourth-order valence-electron chi connectivity index (χ4n) is 3.67. The number of ether oxygens (including phenoxy) is 2. The first-order valence-electron chi connectivity index (χ1n) is 10.8. The van der Waals surface area contributed by atoms with Crippen LogP contribution in [0.1, 0.15) is 23.6 Å². The normalized spacial score (nSPS) is 12.6. The maximum atomic E-state index is 11.8. The van der Waals surface area contributed by atoms with Gasteiger partial charge < -0.3 is 14.6 Å². The molecule has 3 rings (SSSR count). The molecule has 0 saturated heterocycles. The molecule has 0 saturated carbocycles. The molecule has 34 heavy (non-hydrogen) atoms. The molecule has 0 aliphatic carbocycles. The highest BCUT2D eigenvalue weighted by Crippen LogP contribution is 2.31. The van der Waals surface area contributed by atoms with Crippen molar-refractivity contribution in [2.75, 3.05) is 7.11 Å². The van der Waals surface area contributed by atoms with Gasteiger partial charge in [-0.05, 0) is 47.7 Å². The number of methoxy groups -OCH3 is 1. The second-order valence-electron chi connectivity index (χ2n) is 7.93. The highest BCUT2D eigenvalue weighted by Gasteiger charge is 2.24. The highest BCUT2D eigenvalue weighted by molar-refractivity contribution is 5.76. The second kappa shape index (κ2) is 11.4. The number of carbonyl (C=O) groups excluding carboxylic acids is 1. The van der Waals surface area contributed by atoms with Gasteiger partial charge >= 0.3 is 11.7 Å². The lowest BCUT2D eigenvalue weighted by molar-refractivity contribution is -0.386. The molecular formula is C26H28N2O6. The summed E-state index contributed by atoms with van der Waals surface area (Å²) in [6.07, 6.45) is -0.986. The fraction of sp³-hybridized carbons (Fsp3) is 0.269. The third kappa shape index (κ3) is 5.98. The first-order valence-corrected chi connectivity index (χ1v) is 10.8. The van der Waals surface area contributed by atoms with Crippen LogP contribution >= 0.6 is 0 Å². The van der Waals surface area contributed by atoms with Gasteiger partial charge in [-0.15, -0.1) is 0 Å². The lowest BCUT2D eigenvalue weighted by Crippen LogP contribution is -2.45. The fourth-order valence-corrected chi connectivity index (χ4v) is 3.67. The Balaban J connectivity index is 1.76. The van der Waals surface area contributed by atoms with Crippen LogP contribution in [0.3, 0.4) is 0 Å². The lowest BCUT2D eigenvalue weighted by atomic mass is 9.97. The summed E-state index contributed by atoms with van der Waals surface area (Å²) in [4.78, 5) is 23.0. The maximum Gasteiger partial charge on any atom is 0.325 e. The summed E-state index contributed by atoms with van der Waals surface area (Å²) in [6, 6.07) is 19.6. The molecule has 0 bridgehead atoms. The van der Waals surface area contributed by atoms with Crippen molar-refractivity contribution in [3.8, 4) is 16.9 Å². The van der Waals surface area contributed by atoms with Crippen LogP contribution in [0.25, 0.3) is 11.1 Å². The van der Waals surface area contributed by atoms with Gasteiger partial charge in [-0.1, -0.05) is 54.6 Å². The van der Waals surface area contributed by atoms with Crippen LogP contribution in [-0.2, 0) is 22.7 Å². The van der Waals surface area contributed by atoms with Crippen molar-refractivity contribution in [3.05, 3.63) is 93.5 Å². The van der Waals surface area contributed by atoms with E-state index in [4.69, 9.17) is 4.74 Å². The van der Waals surface area contributed by atoms with Crippen LogP contribution in [0.2, 0.25) is 0 Å². The summed E-state index contributed by atoms with van der Waals surface area (Å²) in [6.45, 7) is 3.77. The van der Waals surface area contributed by atoms with Crippen molar-refractivity contribution in [1.29, 1.82) is 0 Å². The molecule has 8 nitrogen and oxygen atoms in total. The first kappa shape index (κ1) is 24.9. The summed E-state index contributed by atoms with van der Waals surface area (Å²) >= 11 is 0. The van der Waals surface area contributed by atoms with E-state index < -0.39 is 23.0 Å². The predicted molar refractivity (Wildman–Crippen MR) is 128 cm³/mol. The molecule has 0 fully saturated rings. The number of nitrogens with zero attached hydrogens (tertiary/aromatic N) is 1. The van der Waals surface area contributed by atoms with Crippen LogP contribution < -0.4 is 10.1 Å². The lowest BCUT2D eigenvalue weighted by Gasteiger charge is -2.19. The Morgan fingerprint density at radius 1 is 1.12 bits per heavy atom. The number of nitro benzene ring substituents is 1. The van der Waals surface area contributed by atoms with Crippen molar-refractivity contribution in [2.24, 2.45) is 0 Å². The quantitative estimate of drug-likeness (QED) is 0.263. The van der Waals surface area contributed by atoms with Crippen LogP contribution in [0.5, 0.6) is 5.75 Å². The molecule has 0 radical (unpaired) electrons.